The maximum absolute atomic E-state index is 12.8. The second-order valence-electron chi connectivity index (χ2n) is 6.11. The molecule has 0 spiro atoms. The summed E-state index contributed by atoms with van der Waals surface area (Å²) in [6.07, 6.45) is 1.95. The highest BCUT2D eigenvalue weighted by molar-refractivity contribution is 9.10. The number of amides is 2. The van der Waals surface area contributed by atoms with Crippen molar-refractivity contribution in [2.24, 2.45) is 0 Å². The van der Waals surface area contributed by atoms with Crippen molar-refractivity contribution in [3.63, 3.8) is 0 Å². The summed E-state index contributed by atoms with van der Waals surface area (Å²) in [5.41, 5.74) is 2.14. The third-order valence-corrected chi connectivity index (χ3v) is 5.49. The van der Waals surface area contributed by atoms with Gasteiger partial charge in [0.05, 0.1) is 12.2 Å². The summed E-state index contributed by atoms with van der Waals surface area (Å²) in [6, 6.07) is 13.1. The van der Waals surface area contributed by atoms with Crippen molar-refractivity contribution in [3.05, 3.63) is 58.3 Å². The highest BCUT2D eigenvalue weighted by atomic mass is 79.9. The lowest BCUT2D eigenvalue weighted by Crippen LogP contribution is -2.35. The maximum atomic E-state index is 12.8. The van der Waals surface area contributed by atoms with Crippen LogP contribution in [-0.4, -0.2) is 36.6 Å². The summed E-state index contributed by atoms with van der Waals surface area (Å²) in [4.78, 5) is 27.5. The molecule has 140 valence electrons. The smallest absolute Gasteiger partial charge is 0.290 e. The Morgan fingerprint density at radius 1 is 1.22 bits per heavy atom. The van der Waals surface area contributed by atoms with E-state index in [2.05, 4.69) is 21.2 Å². The number of nitrogens with zero attached hydrogens (tertiary/aromatic N) is 1. The van der Waals surface area contributed by atoms with Gasteiger partial charge in [-0.1, -0.05) is 28.1 Å². The molecule has 2 aromatic carbocycles. The summed E-state index contributed by atoms with van der Waals surface area (Å²) in [6.45, 7) is 1.77. The number of nitrogens with one attached hydrogen (secondary N) is 1. The van der Waals surface area contributed by atoms with Crippen LogP contribution in [0, 0.1) is 6.92 Å². The number of carbonyl (C=O) groups is 2. The Hall–Kier alpha value is -2.25. The zero-order chi connectivity index (χ0) is 19.6. The monoisotopic (exact) mass is 446 g/mol. The highest BCUT2D eigenvalue weighted by Gasteiger charge is 2.22. The number of hydrogen-bond donors (Lipinski definition) is 1. The zero-order valence-corrected chi connectivity index (χ0v) is 17.6. The molecule has 3 rings (SSSR count). The third kappa shape index (κ3) is 4.20. The first-order valence-corrected chi connectivity index (χ1v) is 10.3. The van der Waals surface area contributed by atoms with Crippen LogP contribution in [0.25, 0.3) is 11.0 Å². The fourth-order valence-corrected chi connectivity index (χ4v) is 3.71. The minimum Gasteiger partial charge on any atom is -0.451 e. The van der Waals surface area contributed by atoms with E-state index >= 15 is 0 Å². The molecule has 2 amide bonds. The van der Waals surface area contributed by atoms with Gasteiger partial charge in [-0.05, 0) is 43.5 Å². The molecule has 0 saturated carbocycles. The van der Waals surface area contributed by atoms with Gasteiger partial charge in [-0.25, -0.2) is 0 Å². The molecule has 0 saturated heterocycles. The Bertz CT molecular complexity index is 1020. The van der Waals surface area contributed by atoms with Crippen molar-refractivity contribution in [1.29, 1.82) is 0 Å². The van der Waals surface area contributed by atoms with Gasteiger partial charge in [0, 0.05) is 27.4 Å². The van der Waals surface area contributed by atoms with Crippen LogP contribution in [0.5, 0.6) is 0 Å². The van der Waals surface area contributed by atoms with Gasteiger partial charge in [0.1, 0.15) is 5.58 Å². The summed E-state index contributed by atoms with van der Waals surface area (Å²) in [7, 11) is 1.59. The van der Waals surface area contributed by atoms with Gasteiger partial charge in [-0.3, -0.25) is 9.59 Å². The van der Waals surface area contributed by atoms with Crippen molar-refractivity contribution in [2.45, 2.75) is 11.8 Å². The molecule has 0 aliphatic carbocycles. The van der Waals surface area contributed by atoms with Crippen LogP contribution >= 0.6 is 27.7 Å². The van der Waals surface area contributed by atoms with Crippen molar-refractivity contribution in [1.82, 2.24) is 4.90 Å². The molecule has 0 atom stereocenters. The van der Waals surface area contributed by atoms with E-state index in [1.807, 2.05) is 55.6 Å². The Kier molecular flexibility index (Phi) is 5.92. The Morgan fingerprint density at radius 2 is 1.96 bits per heavy atom. The predicted octanol–water partition coefficient (Wildman–Crippen LogP) is 4.94. The SMILES string of the molecule is CSc1ccccc1NC(=O)CN(C)C(=O)c1oc2ccc(Br)cc2c1C. The minimum absolute atomic E-state index is 0.0677. The number of carbonyl (C=O) groups excluding carboxylic acids is 2. The predicted molar refractivity (Wildman–Crippen MR) is 112 cm³/mol. The molecular weight excluding hydrogens is 428 g/mol. The highest BCUT2D eigenvalue weighted by Crippen LogP contribution is 2.29. The van der Waals surface area contributed by atoms with Crippen LogP contribution in [0.4, 0.5) is 5.69 Å². The summed E-state index contributed by atoms with van der Waals surface area (Å²) in [5, 5.41) is 3.73. The first-order valence-electron chi connectivity index (χ1n) is 8.27. The molecule has 0 bridgehead atoms. The van der Waals surface area contributed by atoms with Crippen LogP contribution in [0.3, 0.4) is 0 Å². The quantitative estimate of drug-likeness (QED) is 0.563. The largest absolute Gasteiger partial charge is 0.451 e. The molecule has 7 heteroatoms. The number of hydrogen-bond acceptors (Lipinski definition) is 4. The van der Waals surface area contributed by atoms with Crippen molar-refractivity contribution in [3.8, 4) is 0 Å². The third-order valence-electron chi connectivity index (χ3n) is 4.20. The topological polar surface area (TPSA) is 62.6 Å². The Labute approximate surface area is 170 Å². The number of aryl methyl sites for hydroxylation is 1. The molecule has 3 aromatic rings. The van der Waals surface area contributed by atoms with E-state index in [0.717, 1.165) is 26.0 Å². The van der Waals surface area contributed by atoms with Gasteiger partial charge in [0.25, 0.3) is 5.91 Å². The number of rotatable bonds is 5. The molecule has 0 unspecified atom stereocenters. The van der Waals surface area contributed by atoms with E-state index in [1.165, 1.54) is 4.90 Å². The number of halogens is 1. The van der Waals surface area contributed by atoms with Gasteiger partial charge in [0.15, 0.2) is 5.76 Å². The lowest BCUT2D eigenvalue weighted by atomic mass is 10.1. The van der Waals surface area contributed by atoms with E-state index in [1.54, 1.807) is 18.8 Å². The van der Waals surface area contributed by atoms with E-state index in [0.29, 0.717) is 5.58 Å². The normalized spacial score (nSPS) is 10.8. The van der Waals surface area contributed by atoms with E-state index in [4.69, 9.17) is 4.42 Å². The van der Waals surface area contributed by atoms with Gasteiger partial charge in [-0.15, -0.1) is 11.8 Å². The molecule has 0 radical (unpaired) electrons. The van der Waals surface area contributed by atoms with E-state index in [9.17, 15) is 9.59 Å². The average Bonchev–Trinajstić information content (AvgIpc) is 2.97. The van der Waals surface area contributed by atoms with E-state index in [-0.39, 0.29) is 24.1 Å². The second kappa shape index (κ2) is 8.19. The van der Waals surface area contributed by atoms with Crippen LogP contribution < -0.4 is 5.32 Å². The van der Waals surface area contributed by atoms with Gasteiger partial charge in [-0.2, -0.15) is 0 Å². The first-order chi connectivity index (χ1) is 12.9. The molecular formula is C20H19BrN2O3S. The number of fused-ring (bicyclic) bond motifs is 1. The molecule has 27 heavy (non-hydrogen) atoms. The average molecular weight is 447 g/mol. The number of benzene rings is 2. The zero-order valence-electron chi connectivity index (χ0n) is 15.2. The lowest BCUT2D eigenvalue weighted by Gasteiger charge is -2.16. The Balaban J connectivity index is 1.74. The van der Waals surface area contributed by atoms with Gasteiger partial charge >= 0.3 is 0 Å². The molecule has 0 aliphatic rings. The maximum Gasteiger partial charge on any atom is 0.290 e. The fourth-order valence-electron chi connectivity index (χ4n) is 2.80. The molecule has 5 nitrogen and oxygen atoms in total. The van der Waals surface area contributed by atoms with Gasteiger partial charge < -0.3 is 14.6 Å². The van der Waals surface area contributed by atoms with Crippen LogP contribution in [0.15, 0.2) is 56.2 Å². The van der Waals surface area contributed by atoms with E-state index < -0.39 is 0 Å². The number of furan rings is 1. The molecule has 0 fully saturated rings. The summed E-state index contributed by atoms with van der Waals surface area (Å²) < 4.78 is 6.64. The van der Waals surface area contributed by atoms with Crippen LogP contribution in [0.1, 0.15) is 16.1 Å². The molecule has 1 aromatic heterocycles. The number of para-hydroxylation sites is 1. The lowest BCUT2D eigenvalue weighted by molar-refractivity contribution is -0.116. The summed E-state index contributed by atoms with van der Waals surface area (Å²) in [5.74, 6) is -0.333. The number of likely N-dealkylation sites (N-methyl/N-ethyl adjacent to an activating group) is 1. The fraction of sp³-hybridized carbons (Fsp3) is 0.200. The molecule has 1 heterocycles. The van der Waals surface area contributed by atoms with Crippen molar-refractivity contribution >= 4 is 56.2 Å². The van der Waals surface area contributed by atoms with Crippen molar-refractivity contribution < 1.29 is 14.0 Å². The number of thioether (sulfide) groups is 1. The summed E-state index contributed by atoms with van der Waals surface area (Å²) >= 11 is 4.98. The number of anilines is 1. The molecule has 1 N–H and O–H groups in total. The van der Waals surface area contributed by atoms with Gasteiger partial charge in [0.2, 0.25) is 5.91 Å². The minimum atomic E-state index is -0.326. The van der Waals surface area contributed by atoms with Crippen LogP contribution in [-0.2, 0) is 4.79 Å². The second-order valence-corrected chi connectivity index (χ2v) is 7.87. The van der Waals surface area contributed by atoms with Crippen molar-refractivity contribution in [2.75, 3.05) is 25.2 Å². The van der Waals surface area contributed by atoms with Crippen LogP contribution in [0.2, 0.25) is 0 Å². The Morgan fingerprint density at radius 3 is 2.70 bits per heavy atom. The standard InChI is InChI=1S/C20H19BrN2O3S/c1-12-14-10-13(21)8-9-16(14)26-19(12)20(25)23(2)11-18(24)22-15-6-4-5-7-17(15)27-3/h4-10H,11H2,1-3H3,(H,22,24). The first kappa shape index (κ1) is 19.5. The molecule has 0 aliphatic heterocycles.